The maximum atomic E-state index is 11.9. The van der Waals surface area contributed by atoms with Gasteiger partial charge < -0.3 is 15.4 Å². The highest BCUT2D eigenvalue weighted by Crippen LogP contribution is 2.27. The van der Waals surface area contributed by atoms with Crippen LogP contribution in [0.15, 0.2) is 18.2 Å². The van der Waals surface area contributed by atoms with Gasteiger partial charge in [-0.15, -0.1) is 0 Å². The first-order valence-electron chi connectivity index (χ1n) is 6.22. The molecule has 0 heterocycles. The van der Waals surface area contributed by atoms with Crippen LogP contribution in [-0.2, 0) is 4.79 Å². The summed E-state index contributed by atoms with van der Waals surface area (Å²) in [5.41, 5.74) is 0.824. The van der Waals surface area contributed by atoms with Gasteiger partial charge in [0.1, 0.15) is 17.5 Å². The quantitative estimate of drug-likeness (QED) is 0.820. The molecule has 0 aliphatic carbocycles. The molecule has 19 heavy (non-hydrogen) atoms. The van der Waals surface area contributed by atoms with Crippen molar-refractivity contribution in [3.8, 4) is 11.8 Å². The van der Waals surface area contributed by atoms with E-state index in [2.05, 4.69) is 10.6 Å². The van der Waals surface area contributed by atoms with Crippen molar-refractivity contribution in [1.29, 1.82) is 5.26 Å². The van der Waals surface area contributed by atoms with Crippen molar-refractivity contribution in [2.24, 2.45) is 0 Å². The van der Waals surface area contributed by atoms with E-state index in [0.29, 0.717) is 23.4 Å². The zero-order valence-corrected chi connectivity index (χ0v) is 11.5. The first kappa shape index (κ1) is 15.0. The molecule has 0 spiro atoms. The molecule has 1 aromatic carbocycles. The molecule has 5 heteroatoms. The van der Waals surface area contributed by atoms with Gasteiger partial charge in [0.05, 0.1) is 12.7 Å². The summed E-state index contributed by atoms with van der Waals surface area (Å²) >= 11 is 0. The van der Waals surface area contributed by atoms with Crippen LogP contribution >= 0.6 is 0 Å². The van der Waals surface area contributed by atoms with E-state index in [0.717, 1.165) is 6.54 Å². The van der Waals surface area contributed by atoms with Crippen LogP contribution in [-0.4, -0.2) is 25.6 Å². The second-order valence-corrected chi connectivity index (χ2v) is 4.21. The summed E-state index contributed by atoms with van der Waals surface area (Å²) in [6, 6.07) is 7.21. The number of nitrogens with zero attached hydrogens (tertiary/aromatic N) is 1. The summed E-state index contributed by atoms with van der Waals surface area (Å²) in [5.74, 6) is 0.345. The van der Waals surface area contributed by atoms with Crippen LogP contribution < -0.4 is 15.4 Å². The van der Waals surface area contributed by atoms with Gasteiger partial charge in [0.25, 0.3) is 0 Å². The van der Waals surface area contributed by atoms with Crippen LogP contribution in [0, 0.1) is 11.3 Å². The zero-order valence-electron chi connectivity index (χ0n) is 11.5. The van der Waals surface area contributed by atoms with Gasteiger partial charge in [0, 0.05) is 12.5 Å². The molecule has 1 rings (SSSR count). The largest absolute Gasteiger partial charge is 0.495 e. The molecule has 0 radical (unpaired) electrons. The minimum absolute atomic E-state index is 0.0882. The van der Waals surface area contributed by atoms with Crippen molar-refractivity contribution in [1.82, 2.24) is 5.32 Å². The molecule has 5 nitrogen and oxygen atoms in total. The van der Waals surface area contributed by atoms with Gasteiger partial charge in [-0.3, -0.25) is 4.79 Å². The molecule has 1 aromatic rings. The lowest BCUT2D eigenvalue weighted by molar-refractivity contribution is -0.116. The number of amides is 1. The molecule has 0 fully saturated rings. The minimum atomic E-state index is -0.144. The van der Waals surface area contributed by atoms with Gasteiger partial charge in [-0.25, -0.2) is 0 Å². The first-order chi connectivity index (χ1) is 9.12. The molecule has 0 bridgehead atoms. The highest BCUT2D eigenvalue weighted by atomic mass is 16.5. The van der Waals surface area contributed by atoms with E-state index >= 15 is 0 Å². The average Bonchev–Trinajstić information content (AvgIpc) is 2.39. The van der Waals surface area contributed by atoms with E-state index < -0.39 is 0 Å². The topological polar surface area (TPSA) is 74.2 Å². The van der Waals surface area contributed by atoms with E-state index in [1.807, 2.05) is 19.9 Å². The third kappa shape index (κ3) is 4.27. The molecule has 0 aliphatic heterocycles. The van der Waals surface area contributed by atoms with Gasteiger partial charge in [-0.2, -0.15) is 5.26 Å². The number of nitrogens with one attached hydrogen (secondary N) is 2. The second-order valence-electron chi connectivity index (χ2n) is 4.21. The second kappa shape index (κ2) is 7.39. The predicted molar refractivity (Wildman–Crippen MR) is 74.1 cm³/mol. The van der Waals surface area contributed by atoms with Crippen LogP contribution in [0.2, 0.25) is 0 Å². The van der Waals surface area contributed by atoms with Crippen molar-refractivity contribution >= 4 is 11.6 Å². The van der Waals surface area contributed by atoms with Crippen LogP contribution in [0.3, 0.4) is 0 Å². The number of anilines is 1. The van der Waals surface area contributed by atoms with E-state index in [1.165, 1.54) is 7.11 Å². The summed E-state index contributed by atoms with van der Waals surface area (Å²) in [7, 11) is 1.51. The van der Waals surface area contributed by atoms with Gasteiger partial charge in [-0.1, -0.05) is 13.0 Å². The lowest BCUT2D eigenvalue weighted by atomic mass is 10.1. The van der Waals surface area contributed by atoms with Crippen LogP contribution in [0.5, 0.6) is 5.75 Å². The summed E-state index contributed by atoms with van der Waals surface area (Å²) in [5, 5.41) is 15.0. The SMILES string of the molecule is CCNC(C)CC(=O)Nc1c(C#N)cccc1OC. The standard InChI is InChI=1S/C14H19N3O2/c1-4-16-10(2)8-13(18)17-14-11(9-15)6-5-7-12(14)19-3/h5-7,10,16H,4,8H2,1-3H3,(H,17,18). The highest BCUT2D eigenvalue weighted by Gasteiger charge is 2.14. The van der Waals surface area contributed by atoms with E-state index in [4.69, 9.17) is 10.00 Å². The summed E-state index contributed by atoms with van der Waals surface area (Å²) in [6.07, 6.45) is 0.344. The molecule has 1 unspecified atom stereocenters. The number of para-hydroxylation sites is 1. The molecular weight excluding hydrogens is 242 g/mol. The van der Waals surface area contributed by atoms with Crippen molar-refractivity contribution < 1.29 is 9.53 Å². The maximum absolute atomic E-state index is 11.9. The molecule has 0 saturated heterocycles. The molecule has 1 amide bonds. The molecule has 0 saturated carbocycles. The Morgan fingerprint density at radius 1 is 1.53 bits per heavy atom. The average molecular weight is 261 g/mol. The Bertz CT molecular complexity index is 480. The Hall–Kier alpha value is -2.06. The van der Waals surface area contributed by atoms with Crippen molar-refractivity contribution in [3.05, 3.63) is 23.8 Å². The van der Waals surface area contributed by atoms with Gasteiger partial charge in [-0.05, 0) is 25.6 Å². The molecule has 102 valence electrons. The number of nitriles is 1. The van der Waals surface area contributed by atoms with Gasteiger partial charge >= 0.3 is 0 Å². The molecule has 0 aromatic heterocycles. The van der Waals surface area contributed by atoms with E-state index in [-0.39, 0.29) is 11.9 Å². The number of carbonyl (C=O) groups excluding carboxylic acids is 1. The highest BCUT2D eigenvalue weighted by molar-refractivity contribution is 5.94. The summed E-state index contributed by atoms with van der Waals surface area (Å²) in [4.78, 5) is 11.9. The van der Waals surface area contributed by atoms with Crippen molar-refractivity contribution in [2.75, 3.05) is 19.0 Å². The number of rotatable bonds is 6. The number of methoxy groups -OCH3 is 1. The Morgan fingerprint density at radius 3 is 2.84 bits per heavy atom. The Kier molecular flexibility index (Phi) is 5.83. The summed E-state index contributed by atoms with van der Waals surface area (Å²) < 4.78 is 5.16. The Balaban J connectivity index is 2.81. The lowest BCUT2D eigenvalue weighted by Gasteiger charge is -2.14. The number of hydrogen-bond acceptors (Lipinski definition) is 4. The number of carbonyl (C=O) groups is 1. The molecule has 0 aliphatic rings. The van der Waals surface area contributed by atoms with E-state index in [1.54, 1.807) is 18.2 Å². The Morgan fingerprint density at radius 2 is 2.26 bits per heavy atom. The number of benzene rings is 1. The fraction of sp³-hybridized carbons (Fsp3) is 0.429. The number of ether oxygens (including phenoxy) is 1. The van der Waals surface area contributed by atoms with Gasteiger partial charge in [0.15, 0.2) is 0 Å². The monoisotopic (exact) mass is 261 g/mol. The van der Waals surface area contributed by atoms with E-state index in [9.17, 15) is 4.79 Å². The van der Waals surface area contributed by atoms with Gasteiger partial charge in [0.2, 0.25) is 5.91 Å². The third-order valence-corrected chi connectivity index (χ3v) is 2.68. The Labute approximate surface area is 113 Å². The zero-order chi connectivity index (χ0) is 14.3. The fourth-order valence-corrected chi connectivity index (χ4v) is 1.81. The van der Waals surface area contributed by atoms with Crippen LogP contribution in [0.1, 0.15) is 25.8 Å². The number of hydrogen-bond donors (Lipinski definition) is 2. The first-order valence-corrected chi connectivity index (χ1v) is 6.22. The van der Waals surface area contributed by atoms with Crippen molar-refractivity contribution in [2.45, 2.75) is 26.3 Å². The van der Waals surface area contributed by atoms with Crippen LogP contribution in [0.25, 0.3) is 0 Å². The normalized spacial score (nSPS) is 11.5. The molecule has 2 N–H and O–H groups in total. The third-order valence-electron chi connectivity index (χ3n) is 2.68. The van der Waals surface area contributed by atoms with Crippen LogP contribution in [0.4, 0.5) is 5.69 Å². The maximum Gasteiger partial charge on any atom is 0.226 e. The predicted octanol–water partition coefficient (Wildman–Crippen LogP) is 1.89. The minimum Gasteiger partial charge on any atom is -0.495 e. The molecule has 1 atom stereocenters. The summed E-state index contributed by atoms with van der Waals surface area (Å²) in [6.45, 7) is 4.74. The fourth-order valence-electron chi connectivity index (χ4n) is 1.81. The lowest BCUT2D eigenvalue weighted by Crippen LogP contribution is -2.30. The molecular formula is C14H19N3O2. The smallest absolute Gasteiger partial charge is 0.226 e. The van der Waals surface area contributed by atoms with Crippen molar-refractivity contribution in [3.63, 3.8) is 0 Å².